The highest BCUT2D eigenvalue weighted by atomic mass is 32.1. The molecule has 0 bridgehead atoms. The van der Waals surface area contributed by atoms with Gasteiger partial charge in [-0.3, -0.25) is 4.68 Å². The van der Waals surface area contributed by atoms with Gasteiger partial charge in [0.15, 0.2) is 5.75 Å². The monoisotopic (exact) mass is 266 g/mol. The fraction of sp³-hybridized carbons (Fsp3) is 0.500. The third kappa shape index (κ3) is 2.13. The lowest BCUT2D eigenvalue weighted by Crippen LogP contribution is -2.19. The average Bonchev–Trinajstić information content (AvgIpc) is 2.93. The number of hydrogen-bond donors (Lipinski definition) is 1. The summed E-state index contributed by atoms with van der Waals surface area (Å²) in [7, 11) is 1.64. The number of rotatable bonds is 4. The Hall–Kier alpha value is -1.40. The lowest BCUT2D eigenvalue weighted by Gasteiger charge is -2.17. The van der Waals surface area contributed by atoms with Crippen molar-refractivity contribution in [3.05, 3.63) is 28.0 Å². The fourth-order valence-corrected chi connectivity index (χ4v) is 2.76. The molecule has 2 aromatic rings. The van der Waals surface area contributed by atoms with E-state index in [1.165, 1.54) is 0 Å². The molecule has 0 amide bonds. The van der Waals surface area contributed by atoms with E-state index in [1.54, 1.807) is 24.6 Å². The maximum absolute atomic E-state index is 6.35. The summed E-state index contributed by atoms with van der Waals surface area (Å²) in [5.41, 5.74) is 10.0. The number of thiazole rings is 1. The number of hydrogen-bond acceptors (Lipinski definition) is 5. The van der Waals surface area contributed by atoms with E-state index in [0.29, 0.717) is 0 Å². The normalized spacial score (nSPS) is 13.0. The average molecular weight is 266 g/mol. The molecule has 2 heterocycles. The van der Waals surface area contributed by atoms with Gasteiger partial charge in [-0.15, -0.1) is 11.3 Å². The topological polar surface area (TPSA) is 66.0 Å². The van der Waals surface area contributed by atoms with E-state index in [4.69, 9.17) is 10.5 Å². The molecule has 0 fully saturated rings. The third-order valence-corrected chi connectivity index (χ3v) is 3.88. The number of aromatic nitrogens is 3. The Morgan fingerprint density at radius 1 is 1.44 bits per heavy atom. The molecular weight excluding hydrogens is 248 g/mol. The van der Waals surface area contributed by atoms with Gasteiger partial charge in [0.2, 0.25) is 0 Å². The van der Waals surface area contributed by atoms with Crippen molar-refractivity contribution in [3.63, 3.8) is 0 Å². The molecule has 0 aliphatic carbocycles. The summed E-state index contributed by atoms with van der Waals surface area (Å²) in [5.74, 6) is 0.726. The molecule has 2 rings (SSSR count). The van der Waals surface area contributed by atoms with Crippen molar-refractivity contribution < 1.29 is 4.74 Å². The number of nitrogens with two attached hydrogens (primary N) is 1. The van der Waals surface area contributed by atoms with Gasteiger partial charge in [0, 0.05) is 6.04 Å². The van der Waals surface area contributed by atoms with Crippen LogP contribution in [0.3, 0.4) is 0 Å². The fourth-order valence-electron chi connectivity index (χ4n) is 1.95. The van der Waals surface area contributed by atoms with Gasteiger partial charge in [-0.1, -0.05) is 0 Å². The van der Waals surface area contributed by atoms with Crippen molar-refractivity contribution in [2.75, 3.05) is 7.11 Å². The summed E-state index contributed by atoms with van der Waals surface area (Å²) in [6, 6.07) is -0.0134. The molecule has 0 aromatic carbocycles. The molecule has 1 unspecified atom stereocenters. The molecule has 0 saturated carbocycles. The molecular formula is C12H18N4OS. The SMILES string of the molecule is COc1cnn(C(C)C)c1C(N)c1scnc1C. The second-order valence-corrected chi connectivity index (χ2v) is 5.30. The number of aryl methyl sites for hydroxylation is 1. The first-order valence-corrected chi connectivity index (χ1v) is 6.71. The maximum Gasteiger partial charge on any atom is 0.161 e. The largest absolute Gasteiger partial charge is 0.493 e. The first kappa shape index (κ1) is 13.0. The highest BCUT2D eigenvalue weighted by Crippen LogP contribution is 2.33. The Kier molecular flexibility index (Phi) is 3.68. The minimum absolute atomic E-state index is 0.239. The minimum Gasteiger partial charge on any atom is -0.493 e. The molecule has 6 heteroatoms. The maximum atomic E-state index is 6.35. The number of ether oxygens (including phenoxy) is 1. The summed E-state index contributed by atoms with van der Waals surface area (Å²) < 4.78 is 7.26. The number of nitrogens with zero attached hydrogens (tertiary/aromatic N) is 3. The molecule has 2 aromatic heterocycles. The zero-order chi connectivity index (χ0) is 13.3. The van der Waals surface area contributed by atoms with E-state index < -0.39 is 0 Å². The van der Waals surface area contributed by atoms with E-state index >= 15 is 0 Å². The Labute approximate surface area is 111 Å². The predicted molar refractivity (Wildman–Crippen MR) is 72.0 cm³/mol. The van der Waals surface area contributed by atoms with Gasteiger partial charge in [-0.2, -0.15) is 5.10 Å². The molecule has 18 heavy (non-hydrogen) atoms. The van der Waals surface area contributed by atoms with Crippen LogP contribution in [-0.4, -0.2) is 21.9 Å². The van der Waals surface area contributed by atoms with Crippen molar-refractivity contribution in [1.82, 2.24) is 14.8 Å². The van der Waals surface area contributed by atoms with Crippen LogP contribution in [0, 0.1) is 6.92 Å². The van der Waals surface area contributed by atoms with Crippen molar-refractivity contribution in [2.45, 2.75) is 32.9 Å². The summed E-state index contributed by atoms with van der Waals surface area (Å²) in [5, 5.41) is 4.34. The molecule has 0 spiro atoms. The molecule has 0 radical (unpaired) electrons. The highest BCUT2D eigenvalue weighted by molar-refractivity contribution is 7.09. The van der Waals surface area contributed by atoms with Gasteiger partial charge in [-0.05, 0) is 20.8 Å². The number of methoxy groups -OCH3 is 1. The highest BCUT2D eigenvalue weighted by Gasteiger charge is 2.24. The van der Waals surface area contributed by atoms with E-state index in [1.807, 2.05) is 17.1 Å². The second-order valence-electron chi connectivity index (χ2n) is 4.42. The molecule has 5 nitrogen and oxygen atoms in total. The summed E-state index contributed by atoms with van der Waals surface area (Å²) in [6.07, 6.45) is 1.71. The van der Waals surface area contributed by atoms with Crippen molar-refractivity contribution >= 4 is 11.3 Å². The molecule has 0 saturated heterocycles. The van der Waals surface area contributed by atoms with Gasteiger partial charge in [-0.25, -0.2) is 4.98 Å². The first-order chi connectivity index (χ1) is 8.56. The molecule has 0 aliphatic rings. The Morgan fingerprint density at radius 3 is 2.67 bits per heavy atom. The Balaban J connectivity index is 2.49. The van der Waals surface area contributed by atoms with Crippen LogP contribution in [0.25, 0.3) is 0 Å². The quantitative estimate of drug-likeness (QED) is 0.922. The van der Waals surface area contributed by atoms with Crippen LogP contribution in [0.2, 0.25) is 0 Å². The van der Waals surface area contributed by atoms with Crippen LogP contribution in [0.15, 0.2) is 11.7 Å². The molecule has 98 valence electrons. The summed E-state index contributed by atoms with van der Waals surface area (Å²) in [6.45, 7) is 6.11. The van der Waals surface area contributed by atoms with Gasteiger partial charge < -0.3 is 10.5 Å². The standard InChI is InChI=1S/C12H18N4OS/c1-7(2)16-11(9(17-4)5-15-16)10(13)12-8(3)14-6-18-12/h5-7,10H,13H2,1-4H3. The molecule has 1 atom stereocenters. The second kappa shape index (κ2) is 5.07. The predicted octanol–water partition coefficient (Wildman–Crippen LogP) is 2.29. The van der Waals surface area contributed by atoms with Crippen LogP contribution >= 0.6 is 11.3 Å². The van der Waals surface area contributed by atoms with Crippen molar-refractivity contribution in [2.24, 2.45) is 5.73 Å². The van der Waals surface area contributed by atoms with Crippen LogP contribution in [0.4, 0.5) is 0 Å². The Bertz CT molecular complexity index is 532. The van der Waals surface area contributed by atoms with Crippen molar-refractivity contribution in [1.29, 1.82) is 0 Å². The smallest absolute Gasteiger partial charge is 0.161 e. The van der Waals surface area contributed by atoms with Crippen LogP contribution in [0.5, 0.6) is 5.75 Å². The van der Waals surface area contributed by atoms with Crippen LogP contribution in [0.1, 0.15) is 42.2 Å². The van der Waals surface area contributed by atoms with Gasteiger partial charge in [0.25, 0.3) is 0 Å². The third-order valence-electron chi connectivity index (χ3n) is 2.87. The summed E-state index contributed by atoms with van der Waals surface area (Å²) in [4.78, 5) is 5.30. The minimum atomic E-state index is -0.252. The van der Waals surface area contributed by atoms with E-state index in [0.717, 1.165) is 22.0 Å². The summed E-state index contributed by atoms with van der Waals surface area (Å²) >= 11 is 1.56. The molecule has 2 N–H and O–H groups in total. The van der Waals surface area contributed by atoms with Crippen LogP contribution in [-0.2, 0) is 0 Å². The lowest BCUT2D eigenvalue weighted by molar-refractivity contribution is 0.401. The van der Waals surface area contributed by atoms with E-state index in [9.17, 15) is 0 Å². The zero-order valence-corrected chi connectivity index (χ0v) is 11.9. The van der Waals surface area contributed by atoms with E-state index in [-0.39, 0.29) is 12.1 Å². The lowest BCUT2D eigenvalue weighted by atomic mass is 10.1. The zero-order valence-electron chi connectivity index (χ0n) is 11.0. The van der Waals surface area contributed by atoms with Gasteiger partial charge in [0.1, 0.15) is 5.69 Å². The van der Waals surface area contributed by atoms with Gasteiger partial charge >= 0.3 is 0 Å². The van der Waals surface area contributed by atoms with E-state index in [2.05, 4.69) is 23.9 Å². The molecule has 0 aliphatic heterocycles. The van der Waals surface area contributed by atoms with Crippen molar-refractivity contribution in [3.8, 4) is 5.75 Å². The Morgan fingerprint density at radius 2 is 2.17 bits per heavy atom. The van der Waals surface area contributed by atoms with Gasteiger partial charge in [0.05, 0.1) is 35.4 Å². The van der Waals surface area contributed by atoms with Crippen LogP contribution < -0.4 is 10.5 Å². The first-order valence-electron chi connectivity index (χ1n) is 5.83.